The zero-order chi connectivity index (χ0) is 14.6. The number of rotatable bonds is 5. The fourth-order valence-corrected chi connectivity index (χ4v) is 2.83. The van der Waals surface area contributed by atoms with Crippen molar-refractivity contribution in [3.05, 3.63) is 0 Å². The lowest BCUT2D eigenvalue weighted by atomic mass is 9.86. The van der Waals surface area contributed by atoms with Gasteiger partial charge in [0.05, 0.1) is 0 Å². The largest absolute Gasteiger partial charge is 0.370 e. The number of piperazine rings is 1. The van der Waals surface area contributed by atoms with E-state index in [4.69, 9.17) is 5.73 Å². The Hall–Kier alpha value is -0.810. The van der Waals surface area contributed by atoms with Crippen LogP contribution in [-0.4, -0.2) is 67.6 Å². The van der Waals surface area contributed by atoms with E-state index in [9.17, 15) is 0 Å². The Morgan fingerprint density at radius 1 is 1.35 bits per heavy atom. The molecule has 5 heteroatoms. The smallest absolute Gasteiger partial charge is 0.188 e. The number of nitrogens with one attached hydrogen (secondary N) is 1. The molecule has 2 fully saturated rings. The number of likely N-dealkylation sites (N-methyl/N-ethyl adjacent to an activating group) is 1. The van der Waals surface area contributed by atoms with Crippen molar-refractivity contribution in [1.29, 1.82) is 0 Å². The van der Waals surface area contributed by atoms with Crippen LogP contribution in [0.1, 0.15) is 33.1 Å². The summed E-state index contributed by atoms with van der Waals surface area (Å²) in [6, 6.07) is 0. The molecule has 0 aromatic heterocycles. The molecule has 1 saturated carbocycles. The second kappa shape index (κ2) is 6.76. The highest BCUT2D eigenvalue weighted by Crippen LogP contribution is 2.26. The van der Waals surface area contributed by atoms with Crippen LogP contribution < -0.4 is 11.1 Å². The van der Waals surface area contributed by atoms with Crippen LogP contribution in [0.4, 0.5) is 0 Å². The fraction of sp³-hybridized carbons (Fsp3) is 0.933. The van der Waals surface area contributed by atoms with Crippen molar-refractivity contribution in [2.24, 2.45) is 16.6 Å². The molecule has 0 amide bonds. The third kappa shape index (κ3) is 4.35. The first-order chi connectivity index (χ1) is 9.47. The van der Waals surface area contributed by atoms with Crippen molar-refractivity contribution in [2.75, 3.05) is 46.3 Å². The second-order valence-corrected chi connectivity index (χ2v) is 6.96. The normalized spacial score (nSPS) is 25.4. The molecule has 1 saturated heterocycles. The quantitative estimate of drug-likeness (QED) is 0.576. The van der Waals surface area contributed by atoms with E-state index in [0.717, 1.165) is 45.2 Å². The van der Waals surface area contributed by atoms with E-state index < -0.39 is 0 Å². The van der Waals surface area contributed by atoms with Crippen molar-refractivity contribution in [1.82, 2.24) is 15.1 Å². The summed E-state index contributed by atoms with van der Waals surface area (Å²) in [5.41, 5.74) is 6.17. The molecule has 0 aromatic rings. The van der Waals surface area contributed by atoms with Gasteiger partial charge in [0, 0.05) is 44.8 Å². The summed E-state index contributed by atoms with van der Waals surface area (Å²) >= 11 is 0. The van der Waals surface area contributed by atoms with Gasteiger partial charge in [-0.05, 0) is 39.7 Å². The first-order valence-electron chi connectivity index (χ1n) is 7.95. The minimum absolute atomic E-state index is 0.266. The molecule has 116 valence electrons. The molecular formula is C15H31N5. The van der Waals surface area contributed by atoms with Gasteiger partial charge in [0.2, 0.25) is 0 Å². The third-order valence-electron chi connectivity index (χ3n) is 4.87. The zero-order valence-corrected chi connectivity index (χ0v) is 13.4. The monoisotopic (exact) mass is 281 g/mol. The molecule has 2 aliphatic rings. The predicted octanol–water partition coefficient (Wildman–Crippen LogP) is 0.717. The third-order valence-corrected chi connectivity index (χ3v) is 4.87. The zero-order valence-electron chi connectivity index (χ0n) is 13.4. The Labute approximate surface area is 123 Å². The van der Waals surface area contributed by atoms with E-state index in [2.05, 4.69) is 41.0 Å². The van der Waals surface area contributed by atoms with Gasteiger partial charge in [0.15, 0.2) is 5.96 Å². The highest BCUT2D eigenvalue weighted by atomic mass is 15.3. The maximum atomic E-state index is 5.90. The number of guanidine groups is 1. The van der Waals surface area contributed by atoms with Gasteiger partial charge < -0.3 is 11.1 Å². The average molecular weight is 281 g/mol. The van der Waals surface area contributed by atoms with Gasteiger partial charge in [-0.1, -0.05) is 6.42 Å². The Balaban J connectivity index is 1.62. The average Bonchev–Trinajstić information content (AvgIpc) is 2.31. The molecule has 1 aliphatic heterocycles. The first kappa shape index (κ1) is 15.6. The second-order valence-electron chi connectivity index (χ2n) is 6.96. The first-order valence-corrected chi connectivity index (χ1v) is 7.95. The van der Waals surface area contributed by atoms with Gasteiger partial charge in [0.1, 0.15) is 0 Å². The molecule has 0 spiro atoms. The Morgan fingerprint density at radius 2 is 2.10 bits per heavy atom. The van der Waals surface area contributed by atoms with Gasteiger partial charge in [-0.3, -0.25) is 14.8 Å². The van der Waals surface area contributed by atoms with Gasteiger partial charge in [-0.15, -0.1) is 0 Å². The standard InChI is InChI=1S/C15H31N5/c1-15(2)12-20(10-9-19(15)3)8-7-17-14(16)18-11-13-5-4-6-13/h13H,4-12H2,1-3H3,(H3,16,17,18). The molecule has 0 atom stereocenters. The number of hydrogen-bond acceptors (Lipinski definition) is 3. The van der Waals surface area contributed by atoms with Crippen LogP contribution in [0, 0.1) is 5.92 Å². The van der Waals surface area contributed by atoms with Crippen molar-refractivity contribution in [3.8, 4) is 0 Å². The highest BCUT2D eigenvalue weighted by Gasteiger charge is 2.30. The van der Waals surface area contributed by atoms with Crippen LogP contribution in [-0.2, 0) is 0 Å². The van der Waals surface area contributed by atoms with Gasteiger partial charge in [-0.25, -0.2) is 0 Å². The molecule has 20 heavy (non-hydrogen) atoms. The van der Waals surface area contributed by atoms with E-state index in [1.807, 2.05) is 0 Å². The molecular weight excluding hydrogens is 250 g/mol. The Kier molecular flexibility index (Phi) is 5.27. The molecule has 0 radical (unpaired) electrons. The van der Waals surface area contributed by atoms with Crippen LogP contribution in [0.15, 0.2) is 4.99 Å². The van der Waals surface area contributed by atoms with Gasteiger partial charge in [0.25, 0.3) is 0 Å². The maximum Gasteiger partial charge on any atom is 0.188 e. The Bertz CT molecular complexity index is 335. The summed E-state index contributed by atoms with van der Waals surface area (Å²) in [5.74, 6) is 1.40. The molecule has 0 unspecified atom stereocenters. The van der Waals surface area contributed by atoms with Crippen molar-refractivity contribution >= 4 is 5.96 Å². The van der Waals surface area contributed by atoms with E-state index >= 15 is 0 Å². The number of nitrogens with zero attached hydrogens (tertiary/aromatic N) is 3. The lowest BCUT2D eigenvalue weighted by molar-refractivity contribution is 0.0413. The van der Waals surface area contributed by atoms with E-state index in [1.165, 1.54) is 19.3 Å². The number of hydrogen-bond donors (Lipinski definition) is 2. The number of nitrogens with two attached hydrogens (primary N) is 1. The minimum Gasteiger partial charge on any atom is -0.370 e. The summed E-state index contributed by atoms with van der Waals surface area (Å²) in [6.07, 6.45) is 4.02. The topological polar surface area (TPSA) is 56.9 Å². The van der Waals surface area contributed by atoms with Crippen molar-refractivity contribution in [3.63, 3.8) is 0 Å². The van der Waals surface area contributed by atoms with Crippen LogP contribution >= 0.6 is 0 Å². The number of aliphatic imine (C=N–C) groups is 1. The lowest BCUT2D eigenvalue weighted by Gasteiger charge is -2.45. The fourth-order valence-electron chi connectivity index (χ4n) is 2.83. The predicted molar refractivity (Wildman–Crippen MR) is 85.0 cm³/mol. The molecule has 3 N–H and O–H groups in total. The van der Waals surface area contributed by atoms with Crippen LogP contribution in [0.5, 0.6) is 0 Å². The minimum atomic E-state index is 0.266. The maximum absolute atomic E-state index is 5.90. The molecule has 2 rings (SSSR count). The summed E-state index contributed by atoms with van der Waals surface area (Å²) in [7, 11) is 2.21. The Morgan fingerprint density at radius 3 is 2.70 bits per heavy atom. The van der Waals surface area contributed by atoms with Crippen LogP contribution in [0.3, 0.4) is 0 Å². The van der Waals surface area contributed by atoms with E-state index in [0.29, 0.717) is 5.96 Å². The van der Waals surface area contributed by atoms with Crippen molar-refractivity contribution in [2.45, 2.75) is 38.6 Å². The molecule has 0 aromatic carbocycles. The summed E-state index contributed by atoms with van der Waals surface area (Å²) in [6.45, 7) is 10.8. The summed E-state index contributed by atoms with van der Waals surface area (Å²) < 4.78 is 0. The van der Waals surface area contributed by atoms with E-state index in [-0.39, 0.29) is 5.54 Å². The molecule has 1 aliphatic carbocycles. The summed E-state index contributed by atoms with van der Waals surface area (Å²) in [5, 5.41) is 3.24. The SMILES string of the molecule is CN1CCN(CCNC(N)=NCC2CCC2)CC1(C)C. The van der Waals surface area contributed by atoms with Gasteiger partial charge >= 0.3 is 0 Å². The van der Waals surface area contributed by atoms with Crippen LogP contribution in [0.2, 0.25) is 0 Å². The van der Waals surface area contributed by atoms with Gasteiger partial charge in [-0.2, -0.15) is 0 Å². The molecule has 5 nitrogen and oxygen atoms in total. The van der Waals surface area contributed by atoms with Crippen molar-refractivity contribution < 1.29 is 0 Å². The van der Waals surface area contributed by atoms with E-state index in [1.54, 1.807) is 0 Å². The summed E-state index contributed by atoms with van der Waals surface area (Å²) in [4.78, 5) is 9.37. The lowest BCUT2D eigenvalue weighted by Crippen LogP contribution is -2.58. The molecule has 1 heterocycles. The van der Waals surface area contributed by atoms with Crippen LogP contribution in [0.25, 0.3) is 0 Å². The highest BCUT2D eigenvalue weighted by molar-refractivity contribution is 5.77. The molecule has 0 bridgehead atoms.